The zero-order valence-electron chi connectivity index (χ0n) is 14.0. The molecule has 0 radical (unpaired) electrons. The van der Waals surface area contributed by atoms with Crippen LogP contribution < -0.4 is 11.1 Å². The average Bonchev–Trinajstić information content (AvgIpc) is 2.91. The number of halogens is 1. The van der Waals surface area contributed by atoms with E-state index in [0.717, 1.165) is 5.69 Å². The summed E-state index contributed by atoms with van der Waals surface area (Å²) >= 11 is 1.75. The smallest absolute Gasteiger partial charge is 0.193 e. The van der Waals surface area contributed by atoms with Gasteiger partial charge >= 0.3 is 0 Å². The summed E-state index contributed by atoms with van der Waals surface area (Å²) in [5, 5.41) is 5.27. The van der Waals surface area contributed by atoms with Crippen LogP contribution in [0.5, 0.6) is 0 Å². The maximum atomic E-state index is 6.03. The number of nitrogens with one attached hydrogen (secondary N) is 1. The minimum atomic E-state index is 0. The molecule has 1 unspecified atom stereocenters. The molecule has 0 spiro atoms. The summed E-state index contributed by atoms with van der Waals surface area (Å²) in [6.07, 6.45) is 0. The molecule has 3 N–H and O–H groups in total. The van der Waals surface area contributed by atoms with Crippen LogP contribution in [-0.2, 0) is 0 Å². The third-order valence-corrected chi connectivity index (χ3v) is 4.40. The van der Waals surface area contributed by atoms with Crippen LogP contribution in [0.4, 0.5) is 5.69 Å². The van der Waals surface area contributed by atoms with E-state index in [4.69, 9.17) is 5.73 Å². The largest absolute Gasteiger partial charge is 0.370 e. The Morgan fingerprint density at radius 3 is 2.43 bits per heavy atom. The van der Waals surface area contributed by atoms with Crippen LogP contribution in [0.25, 0.3) is 0 Å². The number of thiophene rings is 1. The van der Waals surface area contributed by atoms with Crippen LogP contribution >= 0.6 is 35.3 Å². The van der Waals surface area contributed by atoms with Crippen molar-refractivity contribution in [1.82, 2.24) is 4.90 Å². The van der Waals surface area contributed by atoms with E-state index in [1.54, 1.807) is 11.3 Å². The molecule has 23 heavy (non-hydrogen) atoms. The lowest BCUT2D eigenvalue weighted by molar-refractivity contribution is 0.311. The lowest BCUT2D eigenvalue weighted by Crippen LogP contribution is -2.27. The molecule has 1 aromatic carbocycles. The van der Waals surface area contributed by atoms with Crippen LogP contribution in [-0.4, -0.2) is 31.5 Å². The Morgan fingerprint density at radius 1 is 1.26 bits per heavy atom. The quantitative estimate of drug-likeness (QED) is 0.416. The zero-order chi connectivity index (χ0) is 16.1. The average molecular weight is 444 g/mol. The van der Waals surface area contributed by atoms with Crippen molar-refractivity contribution >= 4 is 47.0 Å². The van der Waals surface area contributed by atoms with Gasteiger partial charge in [0, 0.05) is 10.6 Å². The van der Waals surface area contributed by atoms with Crippen LogP contribution in [0.1, 0.15) is 22.0 Å². The second-order valence-electron chi connectivity index (χ2n) is 5.72. The van der Waals surface area contributed by atoms with Crippen molar-refractivity contribution in [2.75, 3.05) is 26.0 Å². The monoisotopic (exact) mass is 444 g/mol. The van der Waals surface area contributed by atoms with E-state index in [2.05, 4.69) is 78.9 Å². The molecule has 0 aliphatic heterocycles. The van der Waals surface area contributed by atoms with Crippen LogP contribution in [0.2, 0.25) is 0 Å². The van der Waals surface area contributed by atoms with Crippen molar-refractivity contribution in [2.45, 2.75) is 19.9 Å². The number of benzene rings is 1. The van der Waals surface area contributed by atoms with E-state index >= 15 is 0 Å². The number of rotatable bonds is 5. The minimum Gasteiger partial charge on any atom is -0.370 e. The molecular weight excluding hydrogens is 419 g/mol. The molecule has 1 aromatic heterocycles. The second-order valence-corrected chi connectivity index (χ2v) is 6.70. The third kappa shape index (κ3) is 6.12. The Morgan fingerprint density at radius 2 is 1.91 bits per heavy atom. The first-order chi connectivity index (χ1) is 10.5. The van der Waals surface area contributed by atoms with E-state index in [9.17, 15) is 0 Å². The van der Waals surface area contributed by atoms with Crippen LogP contribution in [0.15, 0.2) is 40.7 Å². The van der Waals surface area contributed by atoms with Gasteiger partial charge in [-0.2, -0.15) is 0 Å². The maximum absolute atomic E-state index is 6.03. The van der Waals surface area contributed by atoms with Gasteiger partial charge in [-0.1, -0.05) is 12.1 Å². The first-order valence-corrected chi connectivity index (χ1v) is 8.18. The fourth-order valence-electron chi connectivity index (χ4n) is 2.41. The highest BCUT2D eigenvalue weighted by Crippen LogP contribution is 2.23. The maximum Gasteiger partial charge on any atom is 0.193 e. The van der Waals surface area contributed by atoms with Crippen molar-refractivity contribution in [3.05, 3.63) is 51.7 Å². The molecule has 1 heterocycles. The fraction of sp³-hybridized carbons (Fsp3) is 0.353. The number of hydrogen-bond acceptors (Lipinski definition) is 3. The van der Waals surface area contributed by atoms with Gasteiger partial charge in [-0.25, -0.2) is 0 Å². The Hall–Kier alpha value is -1.12. The van der Waals surface area contributed by atoms with Gasteiger partial charge in [0.25, 0.3) is 0 Å². The summed E-state index contributed by atoms with van der Waals surface area (Å²) in [6.45, 7) is 4.78. The molecule has 0 aliphatic carbocycles. The van der Waals surface area contributed by atoms with Gasteiger partial charge in [0.1, 0.15) is 0 Å². The number of anilines is 1. The summed E-state index contributed by atoms with van der Waals surface area (Å²) in [4.78, 5) is 7.97. The zero-order valence-corrected chi connectivity index (χ0v) is 17.2. The molecule has 4 nitrogen and oxygen atoms in total. The highest BCUT2D eigenvalue weighted by atomic mass is 127. The Kier molecular flexibility index (Phi) is 8.01. The molecule has 0 amide bonds. The molecule has 1 atom stereocenters. The van der Waals surface area contributed by atoms with Crippen molar-refractivity contribution in [3.63, 3.8) is 0 Å². The standard InChI is InChI=1S/C17H24N4S.HI/c1-12-8-13(2)10-14(9-12)20-17(18)19-11-15(21(3)4)16-6-5-7-22-16;/h5-10,15H,11H2,1-4H3,(H3,18,19,20);1H. The van der Waals surface area contributed by atoms with Gasteiger partial charge in [-0.15, -0.1) is 35.3 Å². The second kappa shape index (κ2) is 9.24. The molecule has 0 fully saturated rings. The third-order valence-electron chi connectivity index (χ3n) is 3.42. The highest BCUT2D eigenvalue weighted by Gasteiger charge is 2.14. The summed E-state index contributed by atoms with van der Waals surface area (Å²) in [5.74, 6) is 0.452. The summed E-state index contributed by atoms with van der Waals surface area (Å²) in [7, 11) is 4.13. The molecule has 0 saturated heterocycles. The minimum absolute atomic E-state index is 0. The lowest BCUT2D eigenvalue weighted by atomic mass is 10.1. The van der Waals surface area contributed by atoms with Gasteiger partial charge < -0.3 is 16.0 Å². The van der Waals surface area contributed by atoms with E-state index in [1.807, 2.05) is 0 Å². The molecule has 0 saturated carbocycles. The number of nitrogens with two attached hydrogens (primary N) is 1. The SMILES string of the molecule is Cc1cc(C)cc(NC(N)=NCC(c2cccs2)N(C)C)c1.I. The predicted octanol–water partition coefficient (Wildman–Crippen LogP) is 4.01. The molecule has 6 heteroatoms. The van der Waals surface area contributed by atoms with Crippen molar-refractivity contribution < 1.29 is 0 Å². The van der Waals surface area contributed by atoms with Gasteiger partial charge in [-0.05, 0) is 62.6 Å². The van der Waals surface area contributed by atoms with Gasteiger partial charge in [0.15, 0.2) is 5.96 Å². The molecule has 2 rings (SSSR count). The first kappa shape index (κ1) is 19.9. The number of hydrogen-bond donors (Lipinski definition) is 2. The normalized spacial score (nSPS) is 12.8. The van der Waals surface area contributed by atoms with E-state index in [-0.39, 0.29) is 30.0 Å². The van der Waals surface area contributed by atoms with Crippen molar-refractivity contribution in [3.8, 4) is 0 Å². The number of aliphatic imine (C=N–C) groups is 1. The van der Waals surface area contributed by atoms with Gasteiger partial charge in [0.05, 0.1) is 12.6 Å². The van der Waals surface area contributed by atoms with Gasteiger partial charge in [-0.3, -0.25) is 4.99 Å². The summed E-state index contributed by atoms with van der Waals surface area (Å²) < 4.78 is 0. The summed E-state index contributed by atoms with van der Waals surface area (Å²) in [5.41, 5.74) is 9.43. The highest BCUT2D eigenvalue weighted by molar-refractivity contribution is 14.0. The van der Waals surface area contributed by atoms with E-state index in [1.165, 1.54) is 16.0 Å². The molecule has 2 aromatic rings. The van der Waals surface area contributed by atoms with E-state index in [0.29, 0.717) is 12.5 Å². The first-order valence-electron chi connectivity index (χ1n) is 7.31. The van der Waals surface area contributed by atoms with Gasteiger partial charge in [0.2, 0.25) is 0 Å². The van der Waals surface area contributed by atoms with Crippen LogP contribution in [0.3, 0.4) is 0 Å². The lowest BCUT2D eigenvalue weighted by Gasteiger charge is -2.21. The number of aryl methyl sites for hydroxylation is 2. The van der Waals surface area contributed by atoms with Crippen molar-refractivity contribution in [1.29, 1.82) is 0 Å². The van der Waals surface area contributed by atoms with E-state index < -0.39 is 0 Å². The Labute approximate surface area is 159 Å². The Balaban J connectivity index is 0.00000264. The molecular formula is C17H25IN4S. The topological polar surface area (TPSA) is 53.6 Å². The molecule has 126 valence electrons. The molecule has 0 bridgehead atoms. The Bertz CT molecular complexity index is 618. The number of likely N-dealkylation sites (N-methyl/N-ethyl adjacent to an activating group) is 1. The summed E-state index contributed by atoms with van der Waals surface area (Å²) in [6, 6.07) is 10.7. The predicted molar refractivity (Wildman–Crippen MR) is 112 cm³/mol. The number of nitrogens with zero attached hydrogens (tertiary/aromatic N) is 2. The number of guanidine groups is 1. The van der Waals surface area contributed by atoms with Crippen LogP contribution in [0, 0.1) is 13.8 Å². The van der Waals surface area contributed by atoms with Crippen molar-refractivity contribution in [2.24, 2.45) is 10.7 Å². The fourth-order valence-corrected chi connectivity index (χ4v) is 3.32. The molecule has 0 aliphatic rings.